The Balaban J connectivity index is 1.77. The van der Waals surface area contributed by atoms with E-state index in [1.165, 1.54) is 10.9 Å². The van der Waals surface area contributed by atoms with E-state index < -0.39 is 12.2 Å². The molecule has 0 bridgehead atoms. The first-order valence-corrected chi connectivity index (χ1v) is 7.96. The van der Waals surface area contributed by atoms with Gasteiger partial charge in [-0.2, -0.15) is 0 Å². The van der Waals surface area contributed by atoms with E-state index in [1.54, 1.807) is 38.4 Å². The van der Waals surface area contributed by atoms with Crippen molar-refractivity contribution in [3.63, 3.8) is 0 Å². The quantitative estimate of drug-likeness (QED) is 0.739. The van der Waals surface area contributed by atoms with E-state index in [2.05, 4.69) is 25.6 Å². The summed E-state index contributed by atoms with van der Waals surface area (Å²) < 4.78 is 6.90. The topological polar surface area (TPSA) is 121 Å². The van der Waals surface area contributed by atoms with Crippen LogP contribution in [0, 0.1) is 6.92 Å². The van der Waals surface area contributed by atoms with Crippen LogP contribution < -0.4 is 11.1 Å². The smallest absolute Gasteiger partial charge is 0.413 e. The molecule has 0 aliphatic carbocycles. The number of nitrogen functional groups attached to an aromatic ring is 1. The number of carbonyl (C=O) groups excluding carboxylic acids is 1. The highest BCUT2D eigenvalue weighted by molar-refractivity contribution is 5.88. The van der Waals surface area contributed by atoms with Gasteiger partial charge in [0.1, 0.15) is 6.10 Å². The lowest BCUT2D eigenvalue weighted by molar-refractivity contribution is 0.120. The zero-order chi connectivity index (χ0) is 18.7. The number of aromatic nitrogens is 5. The fourth-order valence-electron chi connectivity index (χ4n) is 2.49. The zero-order valence-corrected chi connectivity index (χ0v) is 14.7. The molecular formula is C17H19N7O2. The van der Waals surface area contributed by atoms with Gasteiger partial charge in [-0.25, -0.2) is 9.48 Å². The van der Waals surface area contributed by atoms with Gasteiger partial charge in [0.05, 0.1) is 17.6 Å². The predicted octanol–water partition coefficient (Wildman–Crippen LogP) is 2.47. The number of amides is 1. The van der Waals surface area contributed by atoms with E-state index in [0.29, 0.717) is 22.9 Å². The SMILES string of the molecule is Cc1ncccc1[C@@H](C)OC(=O)Nc1c(-c2ccc(N)cn2)nnn1C. The van der Waals surface area contributed by atoms with Gasteiger partial charge in [-0.05, 0) is 32.0 Å². The van der Waals surface area contributed by atoms with Crippen molar-refractivity contribution in [1.29, 1.82) is 0 Å². The Kier molecular flexibility index (Phi) is 4.78. The van der Waals surface area contributed by atoms with Gasteiger partial charge in [0, 0.05) is 24.5 Å². The molecule has 0 saturated carbocycles. The van der Waals surface area contributed by atoms with E-state index in [-0.39, 0.29) is 0 Å². The van der Waals surface area contributed by atoms with Crippen molar-refractivity contribution in [2.24, 2.45) is 7.05 Å². The maximum Gasteiger partial charge on any atom is 0.413 e. The molecule has 3 N–H and O–H groups in total. The fraction of sp³-hybridized carbons (Fsp3) is 0.235. The fourth-order valence-corrected chi connectivity index (χ4v) is 2.49. The van der Waals surface area contributed by atoms with Gasteiger partial charge in [0.2, 0.25) is 0 Å². The second-order valence-electron chi connectivity index (χ2n) is 5.74. The molecule has 0 aromatic carbocycles. The summed E-state index contributed by atoms with van der Waals surface area (Å²) in [6, 6.07) is 7.08. The lowest BCUT2D eigenvalue weighted by atomic mass is 10.1. The highest BCUT2D eigenvalue weighted by atomic mass is 16.6. The number of nitrogens with two attached hydrogens (primary N) is 1. The third-order valence-corrected chi connectivity index (χ3v) is 3.85. The van der Waals surface area contributed by atoms with Gasteiger partial charge in [0.15, 0.2) is 11.5 Å². The first kappa shape index (κ1) is 17.3. The minimum Gasteiger partial charge on any atom is -0.441 e. The average molecular weight is 353 g/mol. The largest absolute Gasteiger partial charge is 0.441 e. The molecule has 0 saturated heterocycles. The third kappa shape index (κ3) is 3.61. The summed E-state index contributed by atoms with van der Waals surface area (Å²) in [7, 11) is 1.66. The Hall–Kier alpha value is -3.49. The van der Waals surface area contributed by atoms with Crippen molar-refractivity contribution in [3.05, 3.63) is 47.9 Å². The summed E-state index contributed by atoms with van der Waals surface area (Å²) >= 11 is 0. The molecular weight excluding hydrogens is 334 g/mol. The molecule has 9 nitrogen and oxygen atoms in total. The highest BCUT2D eigenvalue weighted by Gasteiger charge is 2.19. The van der Waals surface area contributed by atoms with Crippen molar-refractivity contribution in [3.8, 4) is 11.4 Å². The lowest BCUT2D eigenvalue weighted by Crippen LogP contribution is -2.19. The Morgan fingerprint density at radius 1 is 1.31 bits per heavy atom. The normalized spacial score (nSPS) is 11.8. The Morgan fingerprint density at radius 2 is 2.12 bits per heavy atom. The molecule has 3 rings (SSSR count). The van der Waals surface area contributed by atoms with Crippen LogP contribution in [-0.4, -0.2) is 31.1 Å². The van der Waals surface area contributed by atoms with Crippen molar-refractivity contribution < 1.29 is 9.53 Å². The summed E-state index contributed by atoms with van der Waals surface area (Å²) in [4.78, 5) is 20.7. The summed E-state index contributed by atoms with van der Waals surface area (Å²) in [5, 5.41) is 10.7. The molecule has 1 atom stereocenters. The number of aryl methyl sites for hydroxylation is 2. The van der Waals surface area contributed by atoms with E-state index >= 15 is 0 Å². The second-order valence-corrected chi connectivity index (χ2v) is 5.74. The first-order chi connectivity index (χ1) is 12.5. The molecule has 3 aromatic rings. The van der Waals surface area contributed by atoms with E-state index in [0.717, 1.165) is 11.3 Å². The standard InChI is InChI=1S/C17H19N7O2/c1-10-13(5-4-8-19-10)11(2)26-17(25)21-16-15(22-23-24(16)3)14-7-6-12(18)9-20-14/h4-9,11H,18H2,1-3H3,(H,21,25)/t11-/m1/s1. The molecule has 3 aromatic heterocycles. The van der Waals surface area contributed by atoms with Gasteiger partial charge in [-0.3, -0.25) is 15.3 Å². The molecule has 26 heavy (non-hydrogen) atoms. The van der Waals surface area contributed by atoms with Gasteiger partial charge >= 0.3 is 6.09 Å². The van der Waals surface area contributed by atoms with Crippen LogP contribution in [0.15, 0.2) is 36.7 Å². The van der Waals surface area contributed by atoms with Crippen LogP contribution in [0.2, 0.25) is 0 Å². The minimum absolute atomic E-state index is 0.377. The molecule has 134 valence electrons. The van der Waals surface area contributed by atoms with E-state index in [1.807, 2.05) is 13.0 Å². The van der Waals surface area contributed by atoms with Crippen molar-refractivity contribution in [1.82, 2.24) is 25.0 Å². The molecule has 3 heterocycles. The van der Waals surface area contributed by atoms with Gasteiger partial charge in [-0.1, -0.05) is 11.3 Å². The minimum atomic E-state index is -0.622. The number of nitrogens with one attached hydrogen (secondary N) is 1. The highest BCUT2D eigenvalue weighted by Crippen LogP contribution is 2.25. The van der Waals surface area contributed by atoms with Gasteiger partial charge < -0.3 is 10.5 Å². The average Bonchev–Trinajstić information content (AvgIpc) is 2.96. The van der Waals surface area contributed by atoms with Crippen LogP contribution in [0.5, 0.6) is 0 Å². The zero-order valence-electron chi connectivity index (χ0n) is 14.7. The van der Waals surface area contributed by atoms with Crippen LogP contribution in [0.1, 0.15) is 24.3 Å². The van der Waals surface area contributed by atoms with Crippen LogP contribution in [-0.2, 0) is 11.8 Å². The molecule has 9 heteroatoms. The van der Waals surface area contributed by atoms with Gasteiger partial charge in [-0.15, -0.1) is 5.10 Å². The summed E-state index contributed by atoms with van der Waals surface area (Å²) in [5.41, 5.74) is 8.80. The summed E-state index contributed by atoms with van der Waals surface area (Å²) in [6.07, 6.45) is 2.13. The number of nitrogens with zero attached hydrogens (tertiary/aromatic N) is 5. The molecule has 1 amide bonds. The molecule has 0 spiro atoms. The maximum atomic E-state index is 12.3. The van der Waals surface area contributed by atoms with Crippen LogP contribution in [0.4, 0.5) is 16.3 Å². The summed E-state index contributed by atoms with van der Waals surface area (Å²) in [6.45, 7) is 3.65. The Labute approximate surface area is 150 Å². The molecule has 0 aliphatic heterocycles. The third-order valence-electron chi connectivity index (χ3n) is 3.85. The molecule has 0 aliphatic rings. The molecule has 0 unspecified atom stereocenters. The number of rotatable bonds is 4. The second kappa shape index (κ2) is 7.18. The van der Waals surface area contributed by atoms with Crippen LogP contribution >= 0.6 is 0 Å². The van der Waals surface area contributed by atoms with Crippen LogP contribution in [0.25, 0.3) is 11.4 Å². The van der Waals surface area contributed by atoms with E-state index in [4.69, 9.17) is 10.5 Å². The number of anilines is 2. The number of hydrogen-bond donors (Lipinski definition) is 2. The van der Waals surface area contributed by atoms with E-state index in [9.17, 15) is 4.79 Å². The predicted molar refractivity (Wildman–Crippen MR) is 96.1 cm³/mol. The number of pyridine rings is 2. The number of ether oxygens (including phenoxy) is 1. The monoisotopic (exact) mass is 353 g/mol. The van der Waals surface area contributed by atoms with Crippen molar-refractivity contribution in [2.45, 2.75) is 20.0 Å². The number of carbonyl (C=O) groups is 1. The Bertz CT molecular complexity index is 921. The first-order valence-electron chi connectivity index (χ1n) is 7.96. The molecule has 0 fully saturated rings. The summed E-state index contributed by atoms with van der Waals surface area (Å²) in [5.74, 6) is 0.377. The van der Waals surface area contributed by atoms with Crippen molar-refractivity contribution >= 4 is 17.6 Å². The maximum absolute atomic E-state index is 12.3. The van der Waals surface area contributed by atoms with Crippen molar-refractivity contribution in [2.75, 3.05) is 11.1 Å². The lowest BCUT2D eigenvalue weighted by Gasteiger charge is -2.15. The molecule has 0 radical (unpaired) electrons. The Morgan fingerprint density at radius 3 is 2.81 bits per heavy atom. The van der Waals surface area contributed by atoms with Crippen LogP contribution in [0.3, 0.4) is 0 Å². The number of hydrogen-bond acceptors (Lipinski definition) is 7. The van der Waals surface area contributed by atoms with Gasteiger partial charge in [0.25, 0.3) is 0 Å².